The number of ketones is 1. The number of hydrogen-bond acceptors (Lipinski definition) is 4. The summed E-state index contributed by atoms with van der Waals surface area (Å²) in [6.45, 7) is 1.85. The van der Waals surface area contributed by atoms with Crippen LogP contribution >= 0.6 is 0 Å². The van der Waals surface area contributed by atoms with Crippen molar-refractivity contribution in [3.8, 4) is 0 Å². The fraction of sp³-hybridized carbons (Fsp3) is 0.273. The second-order valence-electron chi connectivity index (χ2n) is 6.72. The summed E-state index contributed by atoms with van der Waals surface area (Å²) in [4.78, 5) is 25.1. The van der Waals surface area contributed by atoms with Crippen LogP contribution in [0.15, 0.2) is 66.4 Å². The first-order valence-corrected chi connectivity index (χ1v) is 9.20. The van der Waals surface area contributed by atoms with Gasteiger partial charge in [0.25, 0.3) is 0 Å². The number of alkyl halides is 3. The predicted molar refractivity (Wildman–Crippen MR) is 102 cm³/mol. The molecule has 4 nitrogen and oxygen atoms in total. The SMILES string of the molecule is CCOC(=O)C1C(=O)C=C(Nc2ccc(C(F)(F)F)cc2)CC1c1ccccc1. The van der Waals surface area contributed by atoms with Gasteiger partial charge in [0, 0.05) is 23.4 Å². The second kappa shape index (κ2) is 8.51. The van der Waals surface area contributed by atoms with Crippen molar-refractivity contribution in [2.24, 2.45) is 5.92 Å². The van der Waals surface area contributed by atoms with Crippen LogP contribution in [-0.2, 0) is 20.5 Å². The van der Waals surface area contributed by atoms with E-state index in [2.05, 4.69) is 5.32 Å². The van der Waals surface area contributed by atoms with Crippen LogP contribution in [0.5, 0.6) is 0 Å². The van der Waals surface area contributed by atoms with Crippen molar-refractivity contribution in [3.63, 3.8) is 0 Å². The molecule has 29 heavy (non-hydrogen) atoms. The van der Waals surface area contributed by atoms with Crippen molar-refractivity contribution in [3.05, 3.63) is 77.5 Å². The monoisotopic (exact) mass is 403 g/mol. The molecule has 1 N–H and O–H groups in total. The van der Waals surface area contributed by atoms with Crippen LogP contribution in [-0.4, -0.2) is 18.4 Å². The molecule has 1 aliphatic rings. The first-order valence-electron chi connectivity index (χ1n) is 9.20. The standard InChI is InChI=1S/C22H20F3NO3/c1-2-29-21(28)20-18(14-6-4-3-5-7-14)12-17(13-19(20)27)26-16-10-8-15(9-11-16)22(23,24)25/h3-11,13,18,20,26H,2,12H2,1H3. The van der Waals surface area contributed by atoms with Crippen molar-refractivity contribution < 1.29 is 27.5 Å². The Morgan fingerprint density at radius 2 is 1.76 bits per heavy atom. The molecule has 0 amide bonds. The maximum atomic E-state index is 12.7. The molecule has 152 valence electrons. The number of carbonyl (C=O) groups is 2. The average molecular weight is 403 g/mol. The van der Waals surface area contributed by atoms with Gasteiger partial charge in [0.1, 0.15) is 5.92 Å². The Balaban J connectivity index is 1.86. The quantitative estimate of drug-likeness (QED) is 0.568. The van der Waals surface area contributed by atoms with E-state index in [-0.39, 0.29) is 6.61 Å². The topological polar surface area (TPSA) is 55.4 Å². The number of halogens is 3. The van der Waals surface area contributed by atoms with E-state index in [4.69, 9.17) is 4.74 Å². The van der Waals surface area contributed by atoms with Crippen LogP contribution in [0.25, 0.3) is 0 Å². The highest BCUT2D eigenvalue weighted by molar-refractivity contribution is 6.07. The lowest BCUT2D eigenvalue weighted by atomic mass is 9.76. The Bertz CT molecular complexity index is 905. The number of rotatable bonds is 5. The molecule has 2 aromatic rings. The van der Waals surface area contributed by atoms with Gasteiger partial charge in [-0.15, -0.1) is 0 Å². The zero-order valence-corrected chi connectivity index (χ0v) is 15.7. The van der Waals surface area contributed by atoms with Crippen molar-refractivity contribution >= 4 is 17.4 Å². The van der Waals surface area contributed by atoms with E-state index in [0.29, 0.717) is 17.8 Å². The van der Waals surface area contributed by atoms with Gasteiger partial charge in [-0.3, -0.25) is 9.59 Å². The molecule has 0 radical (unpaired) electrons. The van der Waals surface area contributed by atoms with Gasteiger partial charge in [0.05, 0.1) is 12.2 Å². The number of carbonyl (C=O) groups excluding carboxylic acids is 2. The van der Waals surface area contributed by atoms with Gasteiger partial charge >= 0.3 is 12.1 Å². The molecule has 2 atom stereocenters. The summed E-state index contributed by atoms with van der Waals surface area (Å²) in [7, 11) is 0. The number of ether oxygens (including phenoxy) is 1. The maximum Gasteiger partial charge on any atom is 0.416 e. The molecule has 0 bridgehead atoms. The van der Waals surface area contributed by atoms with Crippen LogP contribution in [0.4, 0.5) is 18.9 Å². The first kappa shape index (κ1) is 20.6. The summed E-state index contributed by atoms with van der Waals surface area (Å²) in [5, 5.41) is 3.00. The number of benzene rings is 2. The zero-order chi connectivity index (χ0) is 21.0. The minimum absolute atomic E-state index is 0.171. The van der Waals surface area contributed by atoms with E-state index in [1.807, 2.05) is 30.3 Å². The molecule has 0 fully saturated rings. The summed E-state index contributed by atoms with van der Waals surface area (Å²) in [5.74, 6) is -2.34. The molecule has 0 saturated heterocycles. The molecule has 2 aromatic carbocycles. The number of anilines is 1. The van der Waals surface area contributed by atoms with Crippen LogP contribution in [0.3, 0.4) is 0 Å². The van der Waals surface area contributed by atoms with Crippen molar-refractivity contribution in [2.75, 3.05) is 11.9 Å². The Morgan fingerprint density at radius 3 is 2.34 bits per heavy atom. The number of allylic oxidation sites excluding steroid dienone is 2. The van der Waals surface area contributed by atoms with Crippen LogP contribution in [0, 0.1) is 5.92 Å². The van der Waals surface area contributed by atoms with E-state index in [1.165, 1.54) is 18.2 Å². The van der Waals surface area contributed by atoms with Gasteiger partial charge in [-0.2, -0.15) is 13.2 Å². The molecule has 0 aromatic heterocycles. The highest BCUT2D eigenvalue weighted by atomic mass is 19.4. The first-order chi connectivity index (χ1) is 13.8. The molecule has 7 heteroatoms. The summed E-state index contributed by atoms with van der Waals surface area (Å²) in [6, 6.07) is 13.7. The molecule has 1 aliphatic carbocycles. The Labute approximate surface area is 166 Å². The van der Waals surface area contributed by atoms with E-state index in [0.717, 1.165) is 17.7 Å². The van der Waals surface area contributed by atoms with Gasteiger partial charge in [-0.1, -0.05) is 30.3 Å². The number of hydrogen-bond donors (Lipinski definition) is 1. The van der Waals surface area contributed by atoms with Gasteiger partial charge in [0.15, 0.2) is 5.78 Å². The van der Waals surface area contributed by atoms with Gasteiger partial charge < -0.3 is 10.1 Å². The normalized spacial score (nSPS) is 19.4. The zero-order valence-electron chi connectivity index (χ0n) is 15.7. The molecule has 0 saturated carbocycles. The molecule has 0 heterocycles. The second-order valence-corrected chi connectivity index (χ2v) is 6.72. The summed E-state index contributed by atoms with van der Waals surface area (Å²) >= 11 is 0. The number of esters is 1. The van der Waals surface area contributed by atoms with Crippen molar-refractivity contribution in [1.82, 2.24) is 0 Å². The smallest absolute Gasteiger partial charge is 0.416 e. The van der Waals surface area contributed by atoms with Gasteiger partial charge in [-0.25, -0.2) is 0 Å². The minimum atomic E-state index is -4.41. The average Bonchev–Trinajstić information content (AvgIpc) is 2.68. The number of nitrogens with one attached hydrogen (secondary N) is 1. The van der Waals surface area contributed by atoms with E-state index >= 15 is 0 Å². The molecule has 0 spiro atoms. The third-order valence-corrected chi connectivity index (χ3v) is 4.75. The third kappa shape index (κ3) is 4.85. The summed E-state index contributed by atoms with van der Waals surface area (Å²) in [6.07, 6.45) is -2.73. The lowest BCUT2D eigenvalue weighted by Crippen LogP contribution is -2.35. The fourth-order valence-corrected chi connectivity index (χ4v) is 3.41. The summed E-state index contributed by atoms with van der Waals surface area (Å²) < 4.78 is 43.3. The fourth-order valence-electron chi connectivity index (χ4n) is 3.41. The lowest BCUT2D eigenvalue weighted by Gasteiger charge is -2.29. The van der Waals surface area contributed by atoms with E-state index in [1.54, 1.807) is 6.92 Å². The predicted octanol–water partition coefficient (Wildman–Crippen LogP) is 4.94. The van der Waals surface area contributed by atoms with Crippen LogP contribution in [0.1, 0.15) is 30.4 Å². The van der Waals surface area contributed by atoms with E-state index < -0.39 is 35.3 Å². The molecule has 3 rings (SSSR count). The molecule has 0 aliphatic heterocycles. The highest BCUT2D eigenvalue weighted by Gasteiger charge is 2.39. The molecule has 2 unspecified atom stereocenters. The van der Waals surface area contributed by atoms with Gasteiger partial charge in [0.2, 0.25) is 0 Å². The Kier molecular flexibility index (Phi) is 6.06. The third-order valence-electron chi connectivity index (χ3n) is 4.75. The largest absolute Gasteiger partial charge is 0.465 e. The van der Waals surface area contributed by atoms with Gasteiger partial charge in [-0.05, 0) is 43.2 Å². The maximum absolute atomic E-state index is 12.7. The van der Waals surface area contributed by atoms with E-state index in [9.17, 15) is 22.8 Å². The Morgan fingerprint density at radius 1 is 1.10 bits per heavy atom. The van der Waals surface area contributed by atoms with Crippen molar-refractivity contribution in [1.29, 1.82) is 0 Å². The molecular weight excluding hydrogens is 383 g/mol. The van der Waals surface area contributed by atoms with Crippen LogP contribution < -0.4 is 5.32 Å². The highest BCUT2D eigenvalue weighted by Crippen LogP contribution is 2.37. The van der Waals surface area contributed by atoms with Crippen LogP contribution in [0.2, 0.25) is 0 Å². The Hall–Kier alpha value is -3.09. The van der Waals surface area contributed by atoms with Crippen molar-refractivity contribution in [2.45, 2.75) is 25.4 Å². The molecular formula is C22H20F3NO3. The lowest BCUT2D eigenvalue weighted by molar-refractivity contribution is -0.151. The minimum Gasteiger partial charge on any atom is -0.465 e. The summed E-state index contributed by atoms with van der Waals surface area (Å²) in [5.41, 5.74) is 1.03.